The summed E-state index contributed by atoms with van der Waals surface area (Å²) in [6.07, 6.45) is 5.23. The molecule has 0 bridgehead atoms. The SMILES string of the molecule is CCC(CC)O[C@@H]1C=C(c2cc(CC(C)C)on2)C[C@H](N)[C@H]1NC(C)=O. The first-order valence-electron chi connectivity index (χ1n) is 9.68. The third-order valence-corrected chi connectivity index (χ3v) is 4.76. The molecule has 6 heteroatoms. The summed E-state index contributed by atoms with van der Waals surface area (Å²) in [4.78, 5) is 11.6. The van der Waals surface area contributed by atoms with E-state index in [0.717, 1.165) is 36.3 Å². The average molecular weight is 364 g/mol. The topological polar surface area (TPSA) is 90.4 Å². The minimum Gasteiger partial charge on any atom is -0.369 e. The van der Waals surface area contributed by atoms with E-state index >= 15 is 0 Å². The van der Waals surface area contributed by atoms with Crippen molar-refractivity contribution >= 4 is 11.5 Å². The van der Waals surface area contributed by atoms with E-state index in [1.807, 2.05) is 6.07 Å². The van der Waals surface area contributed by atoms with E-state index in [4.69, 9.17) is 15.0 Å². The number of amides is 1. The molecule has 0 fully saturated rings. The maximum atomic E-state index is 11.6. The Kier molecular flexibility index (Phi) is 7.41. The van der Waals surface area contributed by atoms with Crippen molar-refractivity contribution in [1.82, 2.24) is 10.5 Å². The van der Waals surface area contributed by atoms with Gasteiger partial charge < -0.3 is 20.3 Å². The number of carbonyl (C=O) groups is 1. The molecule has 0 unspecified atom stereocenters. The first-order valence-corrected chi connectivity index (χ1v) is 9.68. The lowest BCUT2D eigenvalue weighted by Crippen LogP contribution is -2.56. The van der Waals surface area contributed by atoms with Gasteiger partial charge in [0.25, 0.3) is 0 Å². The summed E-state index contributed by atoms with van der Waals surface area (Å²) >= 11 is 0. The van der Waals surface area contributed by atoms with Gasteiger partial charge in [0.1, 0.15) is 11.5 Å². The fourth-order valence-corrected chi connectivity index (χ4v) is 3.40. The number of carbonyl (C=O) groups excluding carboxylic acids is 1. The van der Waals surface area contributed by atoms with Crippen LogP contribution in [-0.2, 0) is 16.0 Å². The van der Waals surface area contributed by atoms with Crippen LogP contribution in [0.3, 0.4) is 0 Å². The van der Waals surface area contributed by atoms with E-state index in [9.17, 15) is 4.79 Å². The summed E-state index contributed by atoms with van der Waals surface area (Å²) in [5.74, 6) is 1.29. The number of aromatic nitrogens is 1. The summed E-state index contributed by atoms with van der Waals surface area (Å²) < 4.78 is 11.7. The predicted octanol–water partition coefficient (Wildman–Crippen LogP) is 3.07. The van der Waals surface area contributed by atoms with E-state index < -0.39 is 0 Å². The third kappa shape index (κ3) is 5.42. The van der Waals surface area contributed by atoms with E-state index in [-0.39, 0.29) is 30.2 Å². The van der Waals surface area contributed by atoms with E-state index in [1.165, 1.54) is 6.92 Å². The Morgan fingerprint density at radius 2 is 2.12 bits per heavy atom. The van der Waals surface area contributed by atoms with Crippen LogP contribution in [-0.4, -0.2) is 35.4 Å². The van der Waals surface area contributed by atoms with Crippen LogP contribution >= 0.6 is 0 Å². The number of nitrogens with zero attached hydrogens (tertiary/aromatic N) is 1. The average Bonchev–Trinajstić information content (AvgIpc) is 3.02. The second-order valence-corrected chi connectivity index (χ2v) is 7.60. The molecule has 1 aromatic heterocycles. The molecule has 0 aromatic carbocycles. The maximum Gasteiger partial charge on any atom is 0.217 e. The Morgan fingerprint density at radius 1 is 1.42 bits per heavy atom. The number of hydrogen-bond donors (Lipinski definition) is 2. The molecule has 0 spiro atoms. The van der Waals surface area contributed by atoms with Crippen LogP contribution < -0.4 is 11.1 Å². The monoisotopic (exact) mass is 363 g/mol. The maximum absolute atomic E-state index is 11.6. The van der Waals surface area contributed by atoms with Crippen LogP contribution in [0.25, 0.3) is 5.57 Å². The van der Waals surface area contributed by atoms with Crippen LogP contribution in [0.5, 0.6) is 0 Å². The first kappa shape index (κ1) is 20.6. The Morgan fingerprint density at radius 3 is 2.69 bits per heavy atom. The Bertz CT molecular complexity index is 620. The standard InChI is InChI=1S/C20H33N3O3/c1-6-15(7-2)25-19-10-14(9-17(21)20(19)22-13(5)24)18-11-16(26-23-18)8-12(3)4/h10-12,15,17,19-20H,6-9,21H2,1-5H3,(H,22,24)/t17-,19+,20+/m0/s1. The molecule has 0 saturated carbocycles. The van der Waals surface area contributed by atoms with Gasteiger partial charge in [-0.25, -0.2) is 0 Å². The zero-order chi connectivity index (χ0) is 19.3. The molecule has 2 rings (SSSR count). The van der Waals surface area contributed by atoms with Crippen LogP contribution in [0.4, 0.5) is 0 Å². The molecule has 26 heavy (non-hydrogen) atoms. The van der Waals surface area contributed by atoms with Crippen molar-refractivity contribution < 1.29 is 14.1 Å². The molecule has 0 aliphatic heterocycles. The fraction of sp³-hybridized carbons (Fsp3) is 0.700. The molecular weight excluding hydrogens is 330 g/mol. The smallest absolute Gasteiger partial charge is 0.217 e. The Balaban J connectivity index is 2.26. The number of ether oxygens (including phenoxy) is 1. The van der Waals surface area contributed by atoms with Crippen molar-refractivity contribution in [2.75, 3.05) is 0 Å². The highest BCUT2D eigenvalue weighted by Crippen LogP contribution is 2.29. The number of nitrogens with one attached hydrogen (secondary N) is 1. The largest absolute Gasteiger partial charge is 0.369 e. The van der Waals surface area contributed by atoms with Crippen LogP contribution in [0.1, 0.15) is 65.3 Å². The molecule has 1 aliphatic rings. The van der Waals surface area contributed by atoms with E-state index in [0.29, 0.717) is 12.3 Å². The second-order valence-electron chi connectivity index (χ2n) is 7.60. The summed E-state index contributed by atoms with van der Waals surface area (Å²) in [5.41, 5.74) is 8.23. The lowest BCUT2D eigenvalue weighted by molar-refractivity contribution is -0.121. The molecule has 1 aliphatic carbocycles. The van der Waals surface area contributed by atoms with Crippen molar-refractivity contribution in [3.05, 3.63) is 23.6 Å². The van der Waals surface area contributed by atoms with Crippen molar-refractivity contribution in [3.63, 3.8) is 0 Å². The highest BCUT2D eigenvalue weighted by atomic mass is 16.5. The summed E-state index contributed by atoms with van der Waals surface area (Å²) in [5, 5.41) is 7.19. The first-order chi connectivity index (χ1) is 12.3. The van der Waals surface area contributed by atoms with Gasteiger partial charge in [-0.1, -0.05) is 32.9 Å². The number of rotatable bonds is 8. The molecule has 146 valence electrons. The Labute approximate surface area is 156 Å². The highest BCUT2D eigenvalue weighted by molar-refractivity contribution is 5.74. The lowest BCUT2D eigenvalue weighted by Gasteiger charge is -2.36. The molecule has 0 radical (unpaired) electrons. The fourth-order valence-electron chi connectivity index (χ4n) is 3.40. The van der Waals surface area contributed by atoms with Crippen molar-refractivity contribution in [1.29, 1.82) is 0 Å². The normalized spacial score (nSPS) is 23.4. The van der Waals surface area contributed by atoms with Gasteiger partial charge >= 0.3 is 0 Å². The van der Waals surface area contributed by atoms with Crippen LogP contribution in [0.2, 0.25) is 0 Å². The van der Waals surface area contributed by atoms with Crippen LogP contribution in [0.15, 0.2) is 16.7 Å². The zero-order valence-corrected chi connectivity index (χ0v) is 16.6. The third-order valence-electron chi connectivity index (χ3n) is 4.76. The van der Waals surface area contributed by atoms with Gasteiger partial charge in [0.15, 0.2) is 0 Å². The molecule has 1 amide bonds. The minimum atomic E-state index is -0.271. The predicted molar refractivity (Wildman–Crippen MR) is 102 cm³/mol. The lowest BCUT2D eigenvalue weighted by atomic mass is 9.86. The molecule has 0 saturated heterocycles. The molecule has 1 heterocycles. The van der Waals surface area contributed by atoms with Gasteiger partial charge in [0.05, 0.1) is 18.2 Å². The van der Waals surface area contributed by atoms with Gasteiger partial charge in [-0.2, -0.15) is 0 Å². The van der Waals surface area contributed by atoms with Gasteiger partial charge in [-0.3, -0.25) is 4.79 Å². The van der Waals surface area contributed by atoms with Crippen molar-refractivity contribution in [2.24, 2.45) is 11.7 Å². The van der Waals surface area contributed by atoms with Crippen molar-refractivity contribution in [2.45, 2.75) is 84.6 Å². The zero-order valence-electron chi connectivity index (χ0n) is 16.6. The van der Waals surface area contributed by atoms with Gasteiger partial charge in [-0.05, 0) is 36.8 Å². The van der Waals surface area contributed by atoms with Crippen molar-refractivity contribution in [3.8, 4) is 0 Å². The quantitative estimate of drug-likeness (QED) is 0.741. The molecule has 1 aromatic rings. The van der Waals surface area contributed by atoms with E-state index in [1.54, 1.807) is 0 Å². The Hall–Kier alpha value is -1.66. The van der Waals surface area contributed by atoms with Gasteiger partial charge in [0.2, 0.25) is 5.91 Å². The van der Waals surface area contributed by atoms with Gasteiger partial charge in [0, 0.05) is 25.5 Å². The molecule has 6 nitrogen and oxygen atoms in total. The molecule has 3 N–H and O–H groups in total. The van der Waals surface area contributed by atoms with Gasteiger partial charge in [-0.15, -0.1) is 0 Å². The van der Waals surface area contributed by atoms with Crippen LogP contribution in [0, 0.1) is 5.92 Å². The highest BCUT2D eigenvalue weighted by Gasteiger charge is 2.34. The second kappa shape index (κ2) is 9.33. The summed E-state index contributed by atoms with van der Waals surface area (Å²) in [7, 11) is 0. The number of nitrogens with two attached hydrogens (primary N) is 1. The number of hydrogen-bond acceptors (Lipinski definition) is 5. The summed E-state index contributed by atoms with van der Waals surface area (Å²) in [6.45, 7) is 10.0. The molecular formula is C20H33N3O3. The summed E-state index contributed by atoms with van der Waals surface area (Å²) in [6, 6.07) is 1.52. The van der Waals surface area contributed by atoms with E-state index in [2.05, 4.69) is 44.2 Å². The minimum absolute atomic E-state index is 0.0962. The molecule has 3 atom stereocenters.